The molecule has 1 N–H and O–H groups in total. The molecular weight excluding hydrogens is 192 g/mol. The third-order valence-electron chi connectivity index (χ3n) is 2.32. The van der Waals surface area contributed by atoms with Crippen LogP contribution in [-0.4, -0.2) is 27.4 Å². The molecule has 1 aromatic heterocycles. The van der Waals surface area contributed by atoms with Crippen LogP contribution in [0.25, 0.3) is 0 Å². The highest BCUT2D eigenvalue weighted by Gasteiger charge is 2.10. The number of rotatable bonds is 4. The van der Waals surface area contributed by atoms with Gasteiger partial charge in [-0.15, -0.1) is 0 Å². The predicted molar refractivity (Wildman–Crippen MR) is 56.0 cm³/mol. The van der Waals surface area contributed by atoms with Crippen molar-refractivity contribution in [2.24, 2.45) is 7.05 Å². The molecule has 5 nitrogen and oxygen atoms in total. The van der Waals surface area contributed by atoms with Gasteiger partial charge in [0.1, 0.15) is 12.4 Å². The molecule has 2 rings (SSSR count). The lowest BCUT2D eigenvalue weighted by Gasteiger charge is -2.19. The molecule has 0 spiro atoms. The molecule has 1 unspecified atom stereocenters. The number of nitrogens with one attached hydrogen (secondary N) is 1. The van der Waals surface area contributed by atoms with Gasteiger partial charge < -0.3 is 10.1 Å². The minimum absolute atomic E-state index is 0.290. The fourth-order valence-corrected chi connectivity index (χ4v) is 1.54. The van der Waals surface area contributed by atoms with Gasteiger partial charge in [-0.05, 0) is 18.9 Å². The number of aromatic nitrogens is 3. The van der Waals surface area contributed by atoms with E-state index >= 15 is 0 Å². The summed E-state index contributed by atoms with van der Waals surface area (Å²) in [7, 11) is 1.87. The fourth-order valence-electron chi connectivity index (χ4n) is 1.54. The van der Waals surface area contributed by atoms with Gasteiger partial charge in [-0.1, -0.05) is 0 Å². The Labute approximate surface area is 89.1 Å². The van der Waals surface area contributed by atoms with Crippen molar-refractivity contribution < 1.29 is 4.74 Å². The molecule has 2 heterocycles. The second-order valence-corrected chi connectivity index (χ2v) is 3.67. The van der Waals surface area contributed by atoms with Crippen molar-refractivity contribution in [1.82, 2.24) is 20.1 Å². The highest BCUT2D eigenvalue weighted by molar-refractivity contribution is 4.84. The second kappa shape index (κ2) is 4.93. The predicted octanol–water partition coefficient (Wildman–Crippen LogP) is 0.597. The third kappa shape index (κ3) is 3.06. The van der Waals surface area contributed by atoms with E-state index < -0.39 is 0 Å². The van der Waals surface area contributed by atoms with Gasteiger partial charge in [0.05, 0.1) is 12.8 Å². The molecule has 5 heteroatoms. The number of hydrogen-bond acceptors (Lipinski definition) is 4. The summed E-state index contributed by atoms with van der Waals surface area (Å²) in [6.07, 6.45) is 8.02. The van der Waals surface area contributed by atoms with Crippen molar-refractivity contribution in [2.75, 3.05) is 6.54 Å². The topological polar surface area (TPSA) is 52.0 Å². The van der Waals surface area contributed by atoms with E-state index in [0.717, 1.165) is 25.2 Å². The zero-order valence-electron chi connectivity index (χ0n) is 8.89. The number of allylic oxidation sites excluding steroid dienone is 1. The van der Waals surface area contributed by atoms with Gasteiger partial charge in [0.15, 0.2) is 5.82 Å². The molecule has 1 aliphatic heterocycles. The largest absolute Gasteiger partial charge is 0.497 e. The smallest absolute Gasteiger partial charge is 0.164 e. The summed E-state index contributed by atoms with van der Waals surface area (Å²) in [5, 5.41) is 7.47. The average Bonchev–Trinajstić information content (AvgIpc) is 2.66. The van der Waals surface area contributed by atoms with Crippen LogP contribution in [0.5, 0.6) is 0 Å². The Hall–Kier alpha value is -1.36. The van der Waals surface area contributed by atoms with E-state index in [-0.39, 0.29) is 0 Å². The Morgan fingerprint density at radius 1 is 1.67 bits per heavy atom. The van der Waals surface area contributed by atoms with E-state index in [4.69, 9.17) is 4.74 Å². The standard InChI is InChI=1S/C10H16N4O/c1-14-8-12-10(13-14)7-11-6-9-4-2-3-5-15-9/h3,5,8-9,11H,2,4,6-7H2,1H3. The van der Waals surface area contributed by atoms with E-state index in [1.165, 1.54) is 0 Å². The average molecular weight is 208 g/mol. The SMILES string of the molecule is Cn1cnc(CNCC2CCC=CO2)n1. The maximum absolute atomic E-state index is 5.43. The first-order valence-corrected chi connectivity index (χ1v) is 5.20. The van der Waals surface area contributed by atoms with Gasteiger partial charge in [-0.2, -0.15) is 5.10 Å². The summed E-state index contributed by atoms with van der Waals surface area (Å²) in [4.78, 5) is 4.13. The number of ether oxygens (including phenoxy) is 1. The first kappa shape index (κ1) is 10.2. The Bertz CT molecular complexity index is 334. The molecule has 0 saturated heterocycles. The van der Waals surface area contributed by atoms with E-state index in [1.54, 1.807) is 17.3 Å². The van der Waals surface area contributed by atoms with Crippen molar-refractivity contribution in [3.63, 3.8) is 0 Å². The van der Waals surface area contributed by atoms with Gasteiger partial charge in [-0.3, -0.25) is 4.68 Å². The highest BCUT2D eigenvalue weighted by Crippen LogP contribution is 2.08. The van der Waals surface area contributed by atoms with Crippen molar-refractivity contribution in [1.29, 1.82) is 0 Å². The van der Waals surface area contributed by atoms with Gasteiger partial charge in [-0.25, -0.2) is 4.98 Å². The minimum Gasteiger partial charge on any atom is -0.497 e. The van der Waals surface area contributed by atoms with Crippen molar-refractivity contribution in [3.05, 3.63) is 24.5 Å². The summed E-state index contributed by atoms with van der Waals surface area (Å²) in [6, 6.07) is 0. The lowest BCUT2D eigenvalue weighted by atomic mass is 10.1. The van der Waals surface area contributed by atoms with Crippen LogP contribution < -0.4 is 5.32 Å². The Balaban J connectivity index is 1.68. The lowest BCUT2D eigenvalue weighted by Crippen LogP contribution is -2.29. The van der Waals surface area contributed by atoms with Crippen LogP contribution in [0.15, 0.2) is 18.7 Å². The Morgan fingerprint density at radius 2 is 2.60 bits per heavy atom. The van der Waals surface area contributed by atoms with Gasteiger partial charge >= 0.3 is 0 Å². The first-order chi connectivity index (χ1) is 7.34. The van der Waals surface area contributed by atoms with Crippen LogP contribution in [0.1, 0.15) is 18.7 Å². The molecule has 15 heavy (non-hydrogen) atoms. The molecule has 1 atom stereocenters. The first-order valence-electron chi connectivity index (χ1n) is 5.20. The summed E-state index contributed by atoms with van der Waals surface area (Å²) < 4.78 is 7.14. The Kier molecular flexibility index (Phi) is 3.34. The molecular formula is C10H16N4O. The molecule has 0 amide bonds. The minimum atomic E-state index is 0.290. The number of aryl methyl sites for hydroxylation is 1. The summed E-state index contributed by atoms with van der Waals surface area (Å²) >= 11 is 0. The molecule has 0 bridgehead atoms. The third-order valence-corrected chi connectivity index (χ3v) is 2.32. The van der Waals surface area contributed by atoms with E-state index in [0.29, 0.717) is 12.6 Å². The quantitative estimate of drug-likeness (QED) is 0.787. The molecule has 0 radical (unpaired) electrons. The normalized spacial score (nSPS) is 20.2. The molecule has 1 aliphatic rings. The fraction of sp³-hybridized carbons (Fsp3) is 0.600. The maximum atomic E-state index is 5.43. The van der Waals surface area contributed by atoms with Crippen molar-refractivity contribution >= 4 is 0 Å². The summed E-state index contributed by atoms with van der Waals surface area (Å²) in [5.74, 6) is 0.823. The van der Waals surface area contributed by atoms with Gasteiger partial charge in [0.25, 0.3) is 0 Å². The van der Waals surface area contributed by atoms with Gasteiger partial charge in [0.2, 0.25) is 0 Å². The molecule has 0 saturated carbocycles. The Morgan fingerprint density at radius 3 is 3.27 bits per heavy atom. The van der Waals surface area contributed by atoms with Crippen molar-refractivity contribution in [3.8, 4) is 0 Å². The maximum Gasteiger partial charge on any atom is 0.164 e. The van der Waals surface area contributed by atoms with Crippen LogP contribution in [-0.2, 0) is 18.3 Å². The highest BCUT2D eigenvalue weighted by atomic mass is 16.5. The van der Waals surface area contributed by atoms with Crippen LogP contribution in [0.2, 0.25) is 0 Å². The molecule has 0 aromatic carbocycles. The summed E-state index contributed by atoms with van der Waals surface area (Å²) in [5.41, 5.74) is 0. The van der Waals surface area contributed by atoms with Crippen LogP contribution in [0.3, 0.4) is 0 Å². The van der Waals surface area contributed by atoms with E-state index in [1.807, 2.05) is 7.05 Å². The molecule has 0 fully saturated rings. The van der Waals surface area contributed by atoms with E-state index in [9.17, 15) is 0 Å². The van der Waals surface area contributed by atoms with Crippen LogP contribution >= 0.6 is 0 Å². The zero-order chi connectivity index (χ0) is 10.5. The number of hydrogen-bond donors (Lipinski definition) is 1. The monoisotopic (exact) mass is 208 g/mol. The summed E-state index contributed by atoms with van der Waals surface area (Å²) in [6.45, 7) is 1.55. The second-order valence-electron chi connectivity index (χ2n) is 3.67. The van der Waals surface area contributed by atoms with Gasteiger partial charge in [0, 0.05) is 13.6 Å². The van der Waals surface area contributed by atoms with Crippen LogP contribution in [0.4, 0.5) is 0 Å². The number of nitrogens with zero attached hydrogens (tertiary/aromatic N) is 3. The lowest BCUT2D eigenvalue weighted by molar-refractivity contribution is 0.122. The molecule has 0 aliphatic carbocycles. The van der Waals surface area contributed by atoms with E-state index in [2.05, 4.69) is 21.5 Å². The van der Waals surface area contributed by atoms with Crippen molar-refractivity contribution in [2.45, 2.75) is 25.5 Å². The molecule has 82 valence electrons. The molecule has 1 aromatic rings. The zero-order valence-corrected chi connectivity index (χ0v) is 8.89. The van der Waals surface area contributed by atoms with Crippen LogP contribution in [0, 0.1) is 0 Å².